The Morgan fingerprint density at radius 1 is 1.15 bits per heavy atom. The van der Waals surface area contributed by atoms with Gasteiger partial charge in [-0.1, -0.05) is 0 Å². The van der Waals surface area contributed by atoms with Crippen molar-refractivity contribution in [2.24, 2.45) is 0 Å². The SMILES string of the molecule is Cc1ccc(N2CCC3(CC2)CC(N(C)Cc2ccncc2)CO3)nn1. The average Bonchev–Trinajstić information content (AvgIpc) is 3.08. The highest BCUT2D eigenvalue weighted by Crippen LogP contribution is 2.38. The maximum absolute atomic E-state index is 6.34. The van der Waals surface area contributed by atoms with Gasteiger partial charge in [0.25, 0.3) is 0 Å². The summed E-state index contributed by atoms with van der Waals surface area (Å²) in [6.45, 7) is 5.71. The van der Waals surface area contributed by atoms with E-state index in [1.165, 1.54) is 5.56 Å². The second-order valence-electron chi connectivity index (χ2n) is 7.64. The van der Waals surface area contributed by atoms with Crippen molar-refractivity contribution < 1.29 is 4.74 Å². The minimum Gasteiger partial charge on any atom is -0.373 e. The molecule has 2 aliphatic rings. The van der Waals surface area contributed by atoms with Crippen molar-refractivity contribution in [3.8, 4) is 0 Å². The van der Waals surface area contributed by atoms with Crippen molar-refractivity contribution >= 4 is 5.82 Å². The minimum atomic E-state index is 0.0335. The highest BCUT2D eigenvalue weighted by molar-refractivity contribution is 5.38. The van der Waals surface area contributed by atoms with E-state index in [4.69, 9.17) is 4.74 Å². The maximum Gasteiger partial charge on any atom is 0.151 e. The molecule has 0 aliphatic carbocycles. The molecule has 1 unspecified atom stereocenters. The first-order chi connectivity index (χ1) is 12.6. The summed E-state index contributed by atoms with van der Waals surface area (Å²) in [5.41, 5.74) is 2.30. The van der Waals surface area contributed by atoms with Crippen LogP contribution in [0.1, 0.15) is 30.5 Å². The van der Waals surface area contributed by atoms with Crippen LogP contribution in [-0.4, -0.2) is 58.5 Å². The Hall–Kier alpha value is -2.05. The fraction of sp³-hybridized carbons (Fsp3) is 0.550. The number of aromatic nitrogens is 3. The third kappa shape index (κ3) is 3.71. The predicted molar refractivity (Wildman–Crippen MR) is 101 cm³/mol. The molecule has 6 nitrogen and oxygen atoms in total. The molecule has 0 aromatic carbocycles. The van der Waals surface area contributed by atoms with Gasteiger partial charge in [0.2, 0.25) is 0 Å². The van der Waals surface area contributed by atoms with E-state index in [-0.39, 0.29) is 5.60 Å². The van der Waals surface area contributed by atoms with Crippen molar-refractivity contribution in [2.75, 3.05) is 31.6 Å². The predicted octanol–water partition coefficient (Wildman–Crippen LogP) is 2.44. The van der Waals surface area contributed by atoms with Crippen LogP contribution in [-0.2, 0) is 11.3 Å². The van der Waals surface area contributed by atoms with E-state index in [0.717, 1.165) is 57.0 Å². The standard InChI is InChI=1S/C20H27N5O/c1-16-3-4-19(23-22-16)25-11-7-20(8-12-25)13-18(15-26-20)24(2)14-17-5-9-21-10-6-17/h3-6,9-10,18H,7-8,11-15H2,1-2H3. The van der Waals surface area contributed by atoms with Gasteiger partial charge in [-0.15, -0.1) is 5.10 Å². The number of anilines is 1. The average molecular weight is 353 g/mol. The van der Waals surface area contributed by atoms with Crippen LogP contribution in [0.25, 0.3) is 0 Å². The van der Waals surface area contributed by atoms with E-state index in [0.29, 0.717) is 6.04 Å². The molecule has 2 fully saturated rings. The first kappa shape index (κ1) is 17.4. The van der Waals surface area contributed by atoms with Gasteiger partial charge in [-0.2, -0.15) is 5.10 Å². The van der Waals surface area contributed by atoms with Crippen LogP contribution in [0.2, 0.25) is 0 Å². The Kier molecular flexibility index (Phi) is 4.87. The number of ether oxygens (including phenoxy) is 1. The summed E-state index contributed by atoms with van der Waals surface area (Å²) in [6, 6.07) is 8.75. The van der Waals surface area contributed by atoms with Gasteiger partial charge < -0.3 is 9.64 Å². The largest absolute Gasteiger partial charge is 0.373 e. The lowest BCUT2D eigenvalue weighted by molar-refractivity contribution is -0.0158. The zero-order chi connectivity index (χ0) is 18.0. The highest BCUT2D eigenvalue weighted by atomic mass is 16.5. The topological polar surface area (TPSA) is 54.4 Å². The van der Waals surface area contributed by atoms with Gasteiger partial charge in [0.15, 0.2) is 5.82 Å². The molecule has 26 heavy (non-hydrogen) atoms. The number of rotatable bonds is 4. The van der Waals surface area contributed by atoms with E-state index in [1.807, 2.05) is 25.4 Å². The molecule has 4 rings (SSSR count). The Morgan fingerprint density at radius 2 is 1.92 bits per heavy atom. The number of piperidine rings is 1. The minimum absolute atomic E-state index is 0.0335. The normalized spacial score (nSPS) is 22.3. The zero-order valence-electron chi connectivity index (χ0n) is 15.6. The third-order valence-corrected chi connectivity index (χ3v) is 5.78. The molecule has 1 atom stereocenters. The van der Waals surface area contributed by atoms with Gasteiger partial charge in [-0.25, -0.2) is 0 Å². The number of hydrogen-bond donors (Lipinski definition) is 0. The molecular weight excluding hydrogens is 326 g/mol. The number of likely N-dealkylation sites (N-methyl/N-ethyl adjacent to an activating group) is 1. The molecule has 2 saturated heterocycles. The Bertz CT molecular complexity index is 713. The van der Waals surface area contributed by atoms with Gasteiger partial charge in [-0.3, -0.25) is 9.88 Å². The van der Waals surface area contributed by atoms with Crippen LogP contribution >= 0.6 is 0 Å². The fourth-order valence-corrected chi connectivity index (χ4v) is 4.06. The molecule has 4 heterocycles. The highest BCUT2D eigenvalue weighted by Gasteiger charge is 2.43. The lowest BCUT2D eigenvalue weighted by atomic mass is 9.87. The van der Waals surface area contributed by atoms with Crippen LogP contribution < -0.4 is 4.90 Å². The van der Waals surface area contributed by atoms with Gasteiger partial charge >= 0.3 is 0 Å². The monoisotopic (exact) mass is 353 g/mol. The smallest absolute Gasteiger partial charge is 0.151 e. The van der Waals surface area contributed by atoms with Crippen LogP contribution in [0.3, 0.4) is 0 Å². The zero-order valence-corrected chi connectivity index (χ0v) is 15.6. The van der Waals surface area contributed by atoms with Crippen molar-refractivity contribution in [3.05, 3.63) is 47.9 Å². The van der Waals surface area contributed by atoms with Crippen LogP contribution in [0, 0.1) is 6.92 Å². The van der Waals surface area contributed by atoms with E-state index < -0.39 is 0 Å². The molecule has 0 radical (unpaired) electrons. The van der Waals surface area contributed by atoms with E-state index >= 15 is 0 Å². The van der Waals surface area contributed by atoms with Crippen LogP contribution in [0.5, 0.6) is 0 Å². The van der Waals surface area contributed by atoms with E-state index in [1.54, 1.807) is 0 Å². The molecule has 2 aliphatic heterocycles. The second-order valence-corrected chi connectivity index (χ2v) is 7.64. The van der Waals surface area contributed by atoms with Crippen molar-refractivity contribution in [1.82, 2.24) is 20.1 Å². The van der Waals surface area contributed by atoms with Gasteiger partial charge in [-0.05, 0) is 63.1 Å². The molecule has 2 aromatic rings. The van der Waals surface area contributed by atoms with Crippen LogP contribution in [0.15, 0.2) is 36.7 Å². The second kappa shape index (κ2) is 7.29. The molecular formula is C20H27N5O. The molecule has 2 aromatic heterocycles. The molecule has 6 heteroatoms. The van der Waals surface area contributed by atoms with Crippen molar-refractivity contribution in [2.45, 2.75) is 44.4 Å². The Balaban J connectivity index is 1.33. The number of hydrogen-bond acceptors (Lipinski definition) is 6. The van der Waals surface area contributed by atoms with Gasteiger partial charge in [0, 0.05) is 38.1 Å². The summed E-state index contributed by atoms with van der Waals surface area (Å²) >= 11 is 0. The molecule has 0 saturated carbocycles. The quantitative estimate of drug-likeness (QED) is 0.842. The number of aryl methyl sites for hydroxylation is 1. The Morgan fingerprint density at radius 3 is 2.62 bits per heavy atom. The molecule has 0 amide bonds. The van der Waals surface area contributed by atoms with Crippen molar-refractivity contribution in [3.63, 3.8) is 0 Å². The first-order valence-corrected chi connectivity index (χ1v) is 9.42. The summed E-state index contributed by atoms with van der Waals surface area (Å²) in [6.07, 6.45) is 6.95. The van der Waals surface area contributed by atoms with E-state index in [2.05, 4.69) is 50.2 Å². The fourth-order valence-electron chi connectivity index (χ4n) is 4.06. The number of pyridine rings is 1. The summed E-state index contributed by atoms with van der Waals surface area (Å²) < 4.78 is 6.34. The summed E-state index contributed by atoms with van der Waals surface area (Å²) in [5, 5.41) is 8.51. The lowest BCUT2D eigenvalue weighted by Gasteiger charge is -2.39. The third-order valence-electron chi connectivity index (χ3n) is 5.78. The van der Waals surface area contributed by atoms with Crippen molar-refractivity contribution in [1.29, 1.82) is 0 Å². The Labute approximate surface area is 155 Å². The first-order valence-electron chi connectivity index (χ1n) is 9.42. The van der Waals surface area contributed by atoms with Gasteiger partial charge in [0.05, 0.1) is 17.9 Å². The molecule has 138 valence electrons. The number of nitrogens with zero attached hydrogens (tertiary/aromatic N) is 5. The molecule has 0 N–H and O–H groups in total. The summed E-state index contributed by atoms with van der Waals surface area (Å²) in [4.78, 5) is 8.84. The lowest BCUT2D eigenvalue weighted by Crippen LogP contribution is -2.45. The summed E-state index contributed by atoms with van der Waals surface area (Å²) in [5.74, 6) is 0.981. The summed E-state index contributed by atoms with van der Waals surface area (Å²) in [7, 11) is 2.20. The van der Waals surface area contributed by atoms with Gasteiger partial charge in [0.1, 0.15) is 0 Å². The van der Waals surface area contributed by atoms with E-state index in [9.17, 15) is 0 Å². The molecule has 0 bridgehead atoms. The molecule has 1 spiro atoms. The van der Waals surface area contributed by atoms with Crippen LogP contribution in [0.4, 0.5) is 5.82 Å². The maximum atomic E-state index is 6.34.